The Morgan fingerprint density at radius 3 is 2.88 bits per heavy atom. The lowest BCUT2D eigenvalue weighted by Gasteiger charge is -2.04. The molecule has 0 atom stereocenters. The van der Waals surface area contributed by atoms with Crippen molar-refractivity contribution in [1.82, 2.24) is 34.8 Å². The van der Waals surface area contributed by atoms with Gasteiger partial charge in [0, 0.05) is 18.0 Å². The van der Waals surface area contributed by atoms with E-state index in [-0.39, 0.29) is 17.0 Å². The molecule has 128 valence electrons. The number of hydrogen-bond donors (Lipinski definition) is 2. The summed E-state index contributed by atoms with van der Waals surface area (Å²) in [6.07, 6.45) is 1.44. The molecule has 0 fully saturated rings. The van der Waals surface area contributed by atoms with Gasteiger partial charge in [0.2, 0.25) is 5.16 Å². The van der Waals surface area contributed by atoms with Gasteiger partial charge in [0.15, 0.2) is 5.65 Å². The summed E-state index contributed by atoms with van der Waals surface area (Å²) >= 11 is 1.30. The second kappa shape index (κ2) is 6.34. The van der Waals surface area contributed by atoms with E-state index in [2.05, 4.69) is 25.6 Å². The van der Waals surface area contributed by atoms with Crippen LogP contribution < -0.4 is 5.56 Å². The zero-order valence-electron chi connectivity index (χ0n) is 13.1. The highest BCUT2D eigenvalue weighted by molar-refractivity contribution is 7.98. The van der Waals surface area contributed by atoms with Crippen LogP contribution in [0.25, 0.3) is 11.3 Å². The summed E-state index contributed by atoms with van der Waals surface area (Å²) in [5, 5.41) is 33.2. The van der Waals surface area contributed by atoms with Crippen LogP contribution >= 0.6 is 11.8 Å². The molecule has 0 saturated carbocycles. The van der Waals surface area contributed by atoms with Crippen molar-refractivity contribution in [3.63, 3.8) is 0 Å². The molecule has 0 spiro atoms. The Kier molecular flexibility index (Phi) is 3.86. The molecule has 26 heavy (non-hydrogen) atoms. The van der Waals surface area contributed by atoms with Crippen LogP contribution in [0.15, 0.2) is 46.5 Å². The number of aromatic nitrogens is 7. The molecule has 4 rings (SSSR count). The number of aromatic hydroxyl groups is 1. The van der Waals surface area contributed by atoms with Crippen molar-refractivity contribution < 1.29 is 5.11 Å². The molecule has 1 aromatic carbocycles. The lowest BCUT2D eigenvalue weighted by Crippen LogP contribution is -2.15. The smallest absolute Gasteiger partial charge is 0.272 e. The number of nitriles is 1. The number of aromatic amines is 1. The molecular formula is C15H10N8O2S. The van der Waals surface area contributed by atoms with Crippen LogP contribution in [-0.4, -0.2) is 39.9 Å². The maximum absolute atomic E-state index is 12.1. The minimum Gasteiger partial charge on any atom is -0.508 e. The molecule has 0 aliphatic heterocycles. The van der Waals surface area contributed by atoms with Gasteiger partial charge < -0.3 is 5.11 Å². The number of phenols is 1. The first kappa shape index (κ1) is 15.9. The number of fused-ring (bicyclic) bond motifs is 1. The first-order valence-corrected chi connectivity index (χ1v) is 8.35. The van der Waals surface area contributed by atoms with Crippen molar-refractivity contribution in [2.45, 2.75) is 10.9 Å². The molecule has 0 radical (unpaired) electrons. The van der Waals surface area contributed by atoms with Gasteiger partial charge in [-0.15, -0.1) is 5.10 Å². The second-order valence-electron chi connectivity index (χ2n) is 5.22. The van der Waals surface area contributed by atoms with E-state index in [0.29, 0.717) is 27.9 Å². The van der Waals surface area contributed by atoms with Crippen molar-refractivity contribution >= 4 is 17.4 Å². The SMILES string of the molecule is N#Cc1c[nH]n2c(=O)cc(CSc3nnnn3-c3ccc(O)cc3)nc12. The van der Waals surface area contributed by atoms with E-state index < -0.39 is 0 Å². The maximum Gasteiger partial charge on any atom is 0.272 e. The number of thioether (sulfide) groups is 1. The van der Waals surface area contributed by atoms with E-state index in [9.17, 15) is 9.90 Å². The molecule has 4 aromatic rings. The van der Waals surface area contributed by atoms with Crippen LogP contribution in [0.5, 0.6) is 5.75 Å². The molecular weight excluding hydrogens is 356 g/mol. The predicted octanol–water partition coefficient (Wildman–Crippen LogP) is 0.868. The van der Waals surface area contributed by atoms with Gasteiger partial charge in [0.1, 0.15) is 17.4 Å². The van der Waals surface area contributed by atoms with Gasteiger partial charge in [-0.3, -0.25) is 9.89 Å². The number of H-pyrrole nitrogens is 1. The third kappa shape index (κ3) is 2.78. The quantitative estimate of drug-likeness (QED) is 0.507. The first-order valence-electron chi connectivity index (χ1n) is 7.36. The molecule has 0 saturated heterocycles. The molecule has 0 aliphatic carbocycles. The molecule has 0 aliphatic rings. The average molecular weight is 366 g/mol. The van der Waals surface area contributed by atoms with E-state index in [1.807, 2.05) is 6.07 Å². The van der Waals surface area contributed by atoms with Gasteiger partial charge in [-0.25, -0.2) is 9.50 Å². The van der Waals surface area contributed by atoms with Crippen LogP contribution in [0.3, 0.4) is 0 Å². The van der Waals surface area contributed by atoms with Gasteiger partial charge in [0.25, 0.3) is 5.56 Å². The van der Waals surface area contributed by atoms with E-state index in [1.165, 1.54) is 45.4 Å². The van der Waals surface area contributed by atoms with Gasteiger partial charge in [-0.2, -0.15) is 9.94 Å². The summed E-state index contributed by atoms with van der Waals surface area (Å²) in [6, 6.07) is 9.84. The molecule has 3 aromatic heterocycles. The number of rotatable bonds is 4. The summed E-state index contributed by atoms with van der Waals surface area (Å²) in [4.78, 5) is 16.5. The summed E-state index contributed by atoms with van der Waals surface area (Å²) in [7, 11) is 0. The number of tetrazole rings is 1. The van der Waals surface area contributed by atoms with Gasteiger partial charge in [-0.05, 0) is 34.7 Å². The Morgan fingerprint density at radius 2 is 2.12 bits per heavy atom. The minimum atomic E-state index is -0.301. The van der Waals surface area contributed by atoms with Gasteiger partial charge in [0.05, 0.1) is 11.4 Å². The summed E-state index contributed by atoms with van der Waals surface area (Å²) < 4.78 is 2.74. The highest BCUT2D eigenvalue weighted by Gasteiger charge is 2.12. The van der Waals surface area contributed by atoms with Crippen LogP contribution in [0.2, 0.25) is 0 Å². The average Bonchev–Trinajstić information content (AvgIpc) is 3.27. The summed E-state index contributed by atoms with van der Waals surface area (Å²) in [5.74, 6) is 0.495. The Balaban J connectivity index is 1.62. The Bertz CT molecular complexity index is 1190. The third-order valence-corrected chi connectivity index (χ3v) is 4.51. The second-order valence-corrected chi connectivity index (χ2v) is 6.16. The molecule has 0 amide bonds. The predicted molar refractivity (Wildman–Crippen MR) is 90.9 cm³/mol. The van der Waals surface area contributed by atoms with Crippen molar-refractivity contribution in [2.75, 3.05) is 0 Å². The fourth-order valence-electron chi connectivity index (χ4n) is 2.35. The normalized spacial score (nSPS) is 10.9. The number of nitrogens with zero attached hydrogens (tertiary/aromatic N) is 7. The molecule has 3 heterocycles. The minimum absolute atomic E-state index is 0.147. The largest absolute Gasteiger partial charge is 0.508 e. The van der Waals surface area contributed by atoms with E-state index >= 15 is 0 Å². The topological polar surface area (TPSA) is 138 Å². The van der Waals surface area contributed by atoms with Crippen LogP contribution in [0.1, 0.15) is 11.3 Å². The van der Waals surface area contributed by atoms with Crippen molar-refractivity contribution in [3.05, 3.63) is 58.1 Å². The molecule has 0 bridgehead atoms. The molecule has 11 heteroatoms. The Hall–Kier alpha value is -3.65. The van der Waals surface area contributed by atoms with Crippen LogP contribution in [0.4, 0.5) is 0 Å². The third-order valence-electron chi connectivity index (χ3n) is 3.56. The molecule has 2 N–H and O–H groups in total. The van der Waals surface area contributed by atoms with Crippen LogP contribution in [0, 0.1) is 11.3 Å². The summed E-state index contributed by atoms with van der Waals surface area (Å²) in [6.45, 7) is 0. The van der Waals surface area contributed by atoms with Gasteiger partial charge in [-0.1, -0.05) is 11.8 Å². The standard InChI is InChI=1S/C15H10N8O2S/c16-6-9-7-17-23-13(25)5-10(18-14(9)23)8-26-15-19-20-21-22(15)11-1-3-12(24)4-2-11/h1-5,7,17,24H,8H2. The van der Waals surface area contributed by atoms with Crippen molar-refractivity contribution in [2.24, 2.45) is 0 Å². The van der Waals surface area contributed by atoms with Gasteiger partial charge >= 0.3 is 0 Å². The highest BCUT2D eigenvalue weighted by Crippen LogP contribution is 2.22. The maximum atomic E-state index is 12.1. The van der Waals surface area contributed by atoms with E-state index in [0.717, 1.165) is 0 Å². The zero-order chi connectivity index (χ0) is 18.1. The highest BCUT2D eigenvalue weighted by atomic mass is 32.2. The summed E-state index contributed by atoms with van der Waals surface area (Å²) in [5.41, 5.74) is 1.48. The van der Waals surface area contributed by atoms with Crippen molar-refractivity contribution in [3.8, 4) is 17.5 Å². The fourth-order valence-corrected chi connectivity index (χ4v) is 3.13. The molecule has 0 unspecified atom stereocenters. The number of phenolic OH excluding ortho intramolecular Hbond substituents is 1. The monoisotopic (exact) mass is 366 g/mol. The molecule has 10 nitrogen and oxygen atoms in total. The van der Waals surface area contributed by atoms with Crippen LogP contribution in [-0.2, 0) is 5.75 Å². The Labute approximate surface area is 149 Å². The zero-order valence-corrected chi connectivity index (χ0v) is 13.9. The Morgan fingerprint density at radius 1 is 1.31 bits per heavy atom. The fraction of sp³-hybridized carbons (Fsp3) is 0.0667. The number of benzene rings is 1. The van der Waals surface area contributed by atoms with E-state index in [1.54, 1.807) is 12.1 Å². The first-order chi connectivity index (χ1) is 12.7. The number of nitrogens with one attached hydrogen (secondary N) is 1. The van der Waals surface area contributed by atoms with E-state index in [4.69, 9.17) is 5.26 Å². The lowest BCUT2D eigenvalue weighted by atomic mass is 10.3. The number of hydrogen-bond acceptors (Lipinski definition) is 8. The van der Waals surface area contributed by atoms with Crippen molar-refractivity contribution in [1.29, 1.82) is 5.26 Å². The lowest BCUT2D eigenvalue weighted by molar-refractivity contribution is 0.475.